The van der Waals surface area contributed by atoms with Crippen LogP contribution in [0.4, 0.5) is 0 Å². The molecule has 22 heavy (non-hydrogen) atoms. The standard InChI is InChI=1S/C18H23N3O/c22-17(21-20-12-13-1-3-19-4-2-13)11-18-8-14-5-15(9-18)7-16(6-14)10-18/h1-4,12,14-16H,5-11H2,(H,21,22)/b20-12-. The fourth-order valence-electron chi connectivity index (χ4n) is 5.51. The van der Waals surface area contributed by atoms with Crippen LogP contribution in [0, 0.1) is 23.2 Å². The molecule has 4 heteroatoms. The largest absolute Gasteiger partial charge is 0.273 e. The van der Waals surface area contributed by atoms with Crippen molar-refractivity contribution < 1.29 is 4.79 Å². The molecule has 0 atom stereocenters. The zero-order valence-corrected chi connectivity index (χ0v) is 12.9. The molecule has 0 aromatic carbocycles. The summed E-state index contributed by atoms with van der Waals surface area (Å²) >= 11 is 0. The number of hydrogen-bond acceptors (Lipinski definition) is 3. The Labute approximate surface area is 131 Å². The lowest BCUT2D eigenvalue weighted by Gasteiger charge is -2.56. The lowest BCUT2D eigenvalue weighted by molar-refractivity contribution is -0.129. The molecular weight excluding hydrogens is 274 g/mol. The van der Waals surface area contributed by atoms with Crippen molar-refractivity contribution >= 4 is 12.1 Å². The van der Waals surface area contributed by atoms with E-state index in [2.05, 4.69) is 15.5 Å². The Hall–Kier alpha value is -1.71. The van der Waals surface area contributed by atoms with Crippen molar-refractivity contribution in [1.29, 1.82) is 0 Å². The molecule has 1 aromatic heterocycles. The quantitative estimate of drug-likeness (QED) is 0.685. The Morgan fingerprint density at radius 1 is 1.18 bits per heavy atom. The molecule has 1 aromatic rings. The van der Waals surface area contributed by atoms with Crippen LogP contribution in [0.3, 0.4) is 0 Å². The van der Waals surface area contributed by atoms with Crippen LogP contribution < -0.4 is 5.43 Å². The third kappa shape index (κ3) is 2.79. The SMILES string of the molecule is O=C(CC12CC3CC(CC(C3)C1)C2)N/N=C\c1ccncc1. The van der Waals surface area contributed by atoms with E-state index in [-0.39, 0.29) is 11.3 Å². The van der Waals surface area contributed by atoms with Gasteiger partial charge in [-0.1, -0.05) is 0 Å². The van der Waals surface area contributed by atoms with E-state index in [4.69, 9.17) is 0 Å². The molecule has 1 N–H and O–H groups in total. The number of rotatable bonds is 4. The smallest absolute Gasteiger partial charge is 0.240 e. The second kappa shape index (κ2) is 5.49. The van der Waals surface area contributed by atoms with E-state index in [0.717, 1.165) is 23.3 Å². The number of aromatic nitrogens is 1. The van der Waals surface area contributed by atoms with Gasteiger partial charge in [0.2, 0.25) is 5.91 Å². The lowest BCUT2D eigenvalue weighted by atomic mass is 9.49. The molecule has 4 aliphatic carbocycles. The molecule has 0 radical (unpaired) electrons. The molecule has 116 valence electrons. The Morgan fingerprint density at radius 2 is 1.77 bits per heavy atom. The summed E-state index contributed by atoms with van der Waals surface area (Å²) in [6.45, 7) is 0. The van der Waals surface area contributed by atoms with Crippen molar-refractivity contribution in [2.24, 2.45) is 28.3 Å². The number of amides is 1. The minimum absolute atomic E-state index is 0.0762. The molecular formula is C18H23N3O. The Balaban J connectivity index is 1.35. The summed E-state index contributed by atoms with van der Waals surface area (Å²) in [7, 11) is 0. The minimum Gasteiger partial charge on any atom is -0.273 e. The Morgan fingerprint density at radius 3 is 2.36 bits per heavy atom. The Kier molecular flexibility index (Phi) is 3.47. The lowest BCUT2D eigenvalue weighted by Crippen LogP contribution is -2.47. The fraction of sp³-hybridized carbons (Fsp3) is 0.611. The summed E-state index contributed by atoms with van der Waals surface area (Å²) in [6.07, 6.45) is 13.8. The Bertz CT molecular complexity index is 546. The molecule has 1 amide bonds. The van der Waals surface area contributed by atoms with E-state index in [9.17, 15) is 4.79 Å². The molecule has 4 saturated carbocycles. The summed E-state index contributed by atoms with van der Waals surface area (Å²) in [4.78, 5) is 16.2. The summed E-state index contributed by atoms with van der Waals surface area (Å²) in [5, 5.41) is 4.09. The van der Waals surface area contributed by atoms with Crippen LogP contribution in [0.25, 0.3) is 0 Å². The fourth-order valence-corrected chi connectivity index (χ4v) is 5.51. The van der Waals surface area contributed by atoms with Crippen LogP contribution in [0.2, 0.25) is 0 Å². The van der Waals surface area contributed by atoms with Gasteiger partial charge in [-0.2, -0.15) is 5.10 Å². The van der Waals surface area contributed by atoms with E-state index < -0.39 is 0 Å². The highest BCUT2D eigenvalue weighted by Gasteiger charge is 2.51. The van der Waals surface area contributed by atoms with E-state index in [1.807, 2.05) is 12.1 Å². The van der Waals surface area contributed by atoms with Crippen LogP contribution >= 0.6 is 0 Å². The molecule has 4 bridgehead atoms. The number of hydrogen-bond donors (Lipinski definition) is 1. The van der Waals surface area contributed by atoms with Crippen molar-refractivity contribution in [3.63, 3.8) is 0 Å². The van der Waals surface area contributed by atoms with Gasteiger partial charge in [-0.15, -0.1) is 0 Å². The number of carbonyl (C=O) groups is 1. The molecule has 1 heterocycles. The summed E-state index contributed by atoms with van der Waals surface area (Å²) in [5.41, 5.74) is 3.95. The van der Waals surface area contributed by atoms with Crippen molar-refractivity contribution in [2.75, 3.05) is 0 Å². The van der Waals surface area contributed by atoms with Crippen LogP contribution in [-0.2, 0) is 4.79 Å². The number of carbonyl (C=O) groups excluding carboxylic acids is 1. The number of hydrazone groups is 1. The minimum atomic E-state index is 0.0762. The van der Waals surface area contributed by atoms with Crippen LogP contribution in [-0.4, -0.2) is 17.1 Å². The number of pyridine rings is 1. The van der Waals surface area contributed by atoms with Gasteiger partial charge in [0.1, 0.15) is 0 Å². The normalized spacial score (nSPS) is 35.9. The van der Waals surface area contributed by atoms with Crippen LogP contribution in [0.15, 0.2) is 29.6 Å². The highest BCUT2D eigenvalue weighted by atomic mass is 16.2. The van der Waals surface area contributed by atoms with Gasteiger partial charge in [-0.25, -0.2) is 5.43 Å². The van der Waals surface area contributed by atoms with Gasteiger partial charge in [-0.3, -0.25) is 9.78 Å². The molecule has 4 nitrogen and oxygen atoms in total. The summed E-state index contributed by atoms with van der Waals surface area (Å²) in [6, 6.07) is 3.74. The van der Waals surface area contributed by atoms with Gasteiger partial charge in [0.15, 0.2) is 0 Å². The molecule has 0 spiro atoms. The first-order valence-corrected chi connectivity index (χ1v) is 8.43. The zero-order valence-electron chi connectivity index (χ0n) is 12.9. The molecule has 5 rings (SSSR count). The summed E-state index contributed by atoms with van der Waals surface area (Å²) in [5.74, 6) is 2.74. The molecule has 0 aliphatic heterocycles. The average molecular weight is 297 g/mol. The summed E-state index contributed by atoms with van der Waals surface area (Å²) < 4.78 is 0. The first kappa shape index (κ1) is 13.9. The average Bonchev–Trinajstić information content (AvgIpc) is 2.46. The third-order valence-electron chi connectivity index (χ3n) is 5.81. The highest BCUT2D eigenvalue weighted by molar-refractivity contribution is 5.82. The van der Waals surface area contributed by atoms with Crippen molar-refractivity contribution in [3.05, 3.63) is 30.1 Å². The maximum atomic E-state index is 12.3. The first-order chi connectivity index (χ1) is 10.7. The van der Waals surface area contributed by atoms with Crippen molar-refractivity contribution in [1.82, 2.24) is 10.4 Å². The van der Waals surface area contributed by atoms with Gasteiger partial charge in [0.05, 0.1) is 6.21 Å². The topological polar surface area (TPSA) is 54.4 Å². The first-order valence-electron chi connectivity index (χ1n) is 8.43. The monoisotopic (exact) mass is 297 g/mol. The van der Waals surface area contributed by atoms with Crippen molar-refractivity contribution in [3.8, 4) is 0 Å². The van der Waals surface area contributed by atoms with Crippen molar-refractivity contribution in [2.45, 2.75) is 44.9 Å². The van der Waals surface area contributed by atoms with Gasteiger partial charge >= 0.3 is 0 Å². The van der Waals surface area contributed by atoms with Gasteiger partial charge in [0.25, 0.3) is 0 Å². The maximum Gasteiger partial charge on any atom is 0.240 e. The van der Waals surface area contributed by atoms with E-state index in [1.165, 1.54) is 38.5 Å². The van der Waals surface area contributed by atoms with Gasteiger partial charge in [-0.05, 0) is 79.4 Å². The second-order valence-corrected chi connectivity index (χ2v) is 7.67. The molecule has 0 saturated heterocycles. The van der Waals surface area contributed by atoms with Gasteiger partial charge in [0, 0.05) is 18.8 Å². The zero-order chi connectivity index (χ0) is 15.0. The predicted molar refractivity (Wildman–Crippen MR) is 85.2 cm³/mol. The van der Waals surface area contributed by atoms with E-state index in [0.29, 0.717) is 6.42 Å². The number of nitrogens with zero attached hydrogens (tertiary/aromatic N) is 2. The van der Waals surface area contributed by atoms with Gasteiger partial charge < -0.3 is 0 Å². The van der Waals surface area contributed by atoms with Crippen LogP contribution in [0.5, 0.6) is 0 Å². The van der Waals surface area contributed by atoms with E-state index in [1.54, 1.807) is 18.6 Å². The highest BCUT2D eigenvalue weighted by Crippen LogP contribution is 2.61. The second-order valence-electron chi connectivity index (χ2n) is 7.67. The van der Waals surface area contributed by atoms with E-state index >= 15 is 0 Å². The predicted octanol–water partition coefficient (Wildman–Crippen LogP) is 3.14. The molecule has 4 aliphatic rings. The number of nitrogens with one attached hydrogen (secondary N) is 1. The molecule has 4 fully saturated rings. The van der Waals surface area contributed by atoms with Crippen LogP contribution in [0.1, 0.15) is 50.5 Å². The molecule has 0 unspecified atom stereocenters. The maximum absolute atomic E-state index is 12.3. The third-order valence-corrected chi connectivity index (χ3v) is 5.81.